The maximum Gasteiger partial charge on any atom is 0.214 e. The summed E-state index contributed by atoms with van der Waals surface area (Å²) < 4.78 is 24.5. The Morgan fingerprint density at radius 1 is 1.57 bits per heavy atom. The van der Waals surface area contributed by atoms with E-state index in [1.54, 1.807) is 12.6 Å². The number of rotatable bonds is 5. The Labute approximate surface area is 88.6 Å². The molecule has 0 aliphatic rings. The molecule has 0 unspecified atom stereocenters. The van der Waals surface area contributed by atoms with Crippen molar-refractivity contribution >= 4 is 21.4 Å². The van der Waals surface area contributed by atoms with E-state index in [-0.39, 0.29) is 5.75 Å². The van der Waals surface area contributed by atoms with Crippen molar-refractivity contribution in [2.45, 2.75) is 19.9 Å². The number of sulfonamides is 1. The molecule has 0 bridgehead atoms. The van der Waals surface area contributed by atoms with Crippen molar-refractivity contribution in [3.63, 3.8) is 0 Å². The molecule has 6 heteroatoms. The molecule has 14 heavy (non-hydrogen) atoms. The molecule has 4 nitrogen and oxygen atoms in total. The largest absolute Gasteiger partial charge is 0.248 e. The van der Waals surface area contributed by atoms with Crippen LogP contribution in [0.25, 0.3) is 0 Å². The highest BCUT2D eigenvalue weighted by Gasteiger charge is 2.16. The van der Waals surface area contributed by atoms with Crippen LogP contribution >= 0.6 is 11.3 Å². The molecule has 1 heterocycles. The summed E-state index contributed by atoms with van der Waals surface area (Å²) in [5, 5.41) is 1.86. The van der Waals surface area contributed by atoms with Crippen molar-refractivity contribution < 1.29 is 8.42 Å². The van der Waals surface area contributed by atoms with Crippen LogP contribution in [0, 0.1) is 0 Å². The standard InChI is InChI=1S/C8H14N2O2S2/c1-3-4-14(11,12)10(2)5-8-6-13-7-9-8/h6-7H,3-5H2,1-2H3. The van der Waals surface area contributed by atoms with Gasteiger partial charge >= 0.3 is 0 Å². The van der Waals surface area contributed by atoms with Crippen LogP contribution in [-0.4, -0.2) is 30.5 Å². The summed E-state index contributed by atoms with van der Waals surface area (Å²) in [7, 11) is -1.50. The molecule has 80 valence electrons. The molecule has 0 aliphatic heterocycles. The van der Waals surface area contributed by atoms with Gasteiger partial charge in [-0.25, -0.2) is 13.4 Å². The Morgan fingerprint density at radius 2 is 2.29 bits per heavy atom. The maximum atomic E-state index is 11.6. The van der Waals surface area contributed by atoms with Gasteiger partial charge in [0.25, 0.3) is 0 Å². The van der Waals surface area contributed by atoms with Gasteiger partial charge < -0.3 is 0 Å². The van der Waals surface area contributed by atoms with Gasteiger partial charge in [0.1, 0.15) is 0 Å². The summed E-state index contributed by atoms with van der Waals surface area (Å²) in [4.78, 5) is 4.04. The predicted molar refractivity (Wildman–Crippen MR) is 57.7 cm³/mol. The SMILES string of the molecule is CCCS(=O)(=O)N(C)Cc1cscn1. The molecule has 0 amide bonds. The third-order valence-corrected chi connectivity index (χ3v) is 4.44. The minimum Gasteiger partial charge on any atom is -0.248 e. The Hall–Kier alpha value is -0.460. The van der Waals surface area contributed by atoms with Crippen molar-refractivity contribution in [3.8, 4) is 0 Å². The topological polar surface area (TPSA) is 50.3 Å². The lowest BCUT2D eigenvalue weighted by Gasteiger charge is -2.14. The highest BCUT2D eigenvalue weighted by Crippen LogP contribution is 2.08. The quantitative estimate of drug-likeness (QED) is 0.772. The molecule has 1 rings (SSSR count). The smallest absolute Gasteiger partial charge is 0.214 e. The van der Waals surface area contributed by atoms with Crippen LogP contribution < -0.4 is 0 Å². The molecule has 0 aromatic carbocycles. The molecule has 0 radical (unpaired) electrons. The molecule has 0 N–H and O–H groups in total. The Bertz CT molecular complexity index is 359. The van der Waals surface area contributed by atoms with Crippen LogP contribution in [0.1, 0.15) is 19.0 Å². The van der Waals surface area contributed by atoms with Crippen LogP contribution in [-0.2, 0) is 16.6 Å². The molecule has 0 spiro atoms. The van der Waals surface area contributed by atoms with Crippen LogP contribution in [0.4, 0.5) is 0 Å². The lowest BCUT2D eigenvalue weighted by Crippen LogP contribution is -2.28. The van der Waals surface area contributed by atoms with Gasteiger partial charge in [0.05, 0.1) is 23.5 Å². The van der Waals surface area contributed by atoms with Crippen molar-refractivity contribution in [3.05, 3.63) is 16.6 Å². The summed E-state index contributed by atoms with van der Waals surface area (Å²) in [5.74, 6) is 0.202. The third-order valence-electron chi connectivity index (χ3n) is 1.81. The van der Waals surface area contributed by atoms with Crippen LogP contribution in [0.5, 0.6) is 0 Å². The average molecular weight is 234 g/mol. The summed E-state index contributed by atoms with van der Waals surface area (Å²) in [6, 6.07) is 0. The number of thiazole rings is 1. The van der Waals surface area contributed by atoms with Crippen LogP contribution in [0.15, 0.2) is 10.9 Å². The monoisotopic (exact) mass is 234 g/mol. The normalized spacial score (nSPS) is 12.2. The Kier molecular flexibility index (Phi) is 4.03. The van der Waals surface area contributed by atoms with E-state index < -0.39 is 10.0 Å². The van der Waals surface area contributed by atoms with E-state index in [0.29, 0.717) is 13.0 Å². The lowest BCUT2D eigenvalue weighted by molar-refractivity contribution is 0.462. The van der Waals surface area contributed by atoms with Crippen LogP contribution in [0.2, 0.25) is 0 Å². The zero-order valence-electron chi connectivity index (χ0n) is 8.30. The zero-order valence-corrected chi connectivity index (χ0v) is 9.94. The number of aromatic nitrogens is 1. The second-order valence-electron chi connectivity index (χ2n) is 3.05. The first kappa shape index (κ1) is 11.6. The predicted octanol–water partition coefficient (Wildman–Crippen LogP) is 1.31. The van der Waals surface area contributed by atoms with E-state index in [4.69, 9.17) is 0 Å². The summed E-state index contributed by atoms with van der Waals surface area (Å²) in [6.07, 6.45) is 0.643. The lowest BCUT2D eigenvalue weighted by atomic mass is 10.5. The molecule has 0 fully saturated rings. The van der Waals surface area contributed by atoms with E-state index in [1.165, 1.54) is 15.6 Å². The van der Waals surface area contributed by atoms with Crippen LogP contribution in [0.3, 0.4) is 0 Å². The fourth-order valence-electron chi connectivity index (χ4n) is 1.06. The second-order valence-corrected chi connectivity index (χ2v) is 5.97. The van der Waals surface area contributed by atoms with Gasteiger partial charge in [-0.05, 0) is 6.42 Å². The van der Waals surface area contributed by atoms with E-state index >= 15 is 0 Å². The minimum absolute atomic E-state index is 0.202. The Morgan fingerprint density at radius 3 is 2.79 bits per heavy atom. The first-order chi connectivity index (χ1) is 6.56. The van der Waals surface area contributed by atoms with E-state index in [1.807, 2.05) is 12.3 Å². The summed E-state index contributed by atoms with van der Waals surface area (Å²) in [6.45, 7) is 2.22. The fraction of sp³-hybridized carbons (Fsp3) is 0.625. The molecule has 0 aliphatic carbocycles. The fourth-order valence-corrected chi connectivity index (χ4v) is 2.76. The van der Waals surface area contributed by atoms with Gasteiger partial charge in [0, 0.05) is 12.4 Å². The second kappa shape index (κ2) is 4.86. The molecule has 0 atom stereocenters. The van der Waals surface area contributed by atoms with Crippen molar-refractivity contribution in [2.75, 3.05) is 12.8 Å². The molecule has 0 saturated carbocycles. The van der Waals surface area contributed by atoms with Gasteiger partial charge in [-0.2, -0.15) is 4.31 Å². The van der Waals surface area contributed by atoms with Gasteiger partial charge in [-0.3, -0.25) is 0 Å². The number of nitrogens with zero attached hydrogens (tertiary/aromatic N) is 2. The molecular formula is C8H14N2O2S2. The molecule has 1 aromatic heterocycles. The van der Waals surface area contributed by atoms with E-state index in [2.05, 4.69) is 4.98 Å². The number of hydrogen-bond acceptors (Lipinski definition) is 4. The maximum absolute atomic E-state index is 11.6. The summed E-state index contributed by atoms with van der Waals surface area (Å²) >= 11 is 1.47. The first-order valence-electron chi connectivity index (χ1n) is 4.37. The number of hydrogen-bond donors (Lipinski definition) is 0. The Balaban J connectivity index is 2.62. The van der Waals surface area contributed by atoms with Gasteiger partial charge in [0.2, 0.25) is 10.0 Å². The zero-order chi connectivity index (χ0) is 10.6. The van der Waals surface area contributed by atoms with Crippen molar-refractivity contribution in [1.29, 1.82) is 0 Å². The van der Waals surface area contributed by atoms with E-state index in [9.17, 15) is 8.42 Å². The van der Waals surface area contributed by atoms with Gasteiger partial charge in [-0.1, -0.05) is 6.92 Å². The molecular weight excluding hydrogens is 220 g/mol. The minimum atomic E-state index is -3.09. The molecule has 1 aromatic rings. The highest BCUT2D eigenvalue weighted by atomic mass is 32.2. The van der Waals surface area contributed by atoms with Gasteiger partial charge in [-0.15, -0.1) is 11.3 Å². The summed E-state index contributed by atoms with van der Waals surface area (Å²) in [5.41, 5.74) is 2.51. The first-order valence-corrected chi connectivity index (χ1v) is 6.92. The molecule has 0 saturated heterocycles. The van der Waals surface area contributed by atoms with E-state index in [0.717, 1.165) is 5.69 Å². The van der Waals surface area contributed by atoms with Gasteiger partial charge in [0.15, 0.2) is 0 Å². The highest BCUT2D eigenvalue weighted by molar-refractivity contribution is 7.89. The van der Waals surface area contributed by atoms with Crippen molar-refractivity contribution in [2.24, 2.45) is 0 Å². The average Bonchev–Trinajstić information content (AvgIpc) is 2.56. The third kappa shape index (κ3) is 3.04. The van der Waals surface area contributed by atoms with Crippen molar-refractivity contribution in [1.82, 2.24) is 9.29 Å².